The molecule has 4 aliphatic rings. The number of nitrogens with zero attached hydrogens (tertiary/aromatic N) is 5. The van der Waals surface area contributed by atoms with Crippen LogP contribution in [0.4, 0.5) is 13.6 Å². The van der Waals surface area contributed by atoms with E-state index < -0.39 is 24.6 Å². The van der Waals surface area contributed by atoms with E-state index in [1.807, 2.05) is 23.1 Å². The molecule has 1 aromatic heterocycles. The van der Waals surface area contributed by atoms with E-state index in [0.717, 1.165) is 37.3 Å². The van der Waals surface area contributed by atoms with Gasteiger partial charge in [-0.25, -0.2) is 8.78 Å². The Hall–Kier alpha value is -2.78. The molecule has 5 rings (SSSR count). The third-order valence-corrected chi connectivity index (χ3v) is 6.78. The van der Waals surface area contributed by atoms with E-state index in [4.69, 9.17) is 0 Å². The molecule has 1 saturated carbocycles. The van der Waals surface area contributed by atoms with Crippen LogP contribution in [0.5, 0.6) is 0 Å². The fourth-order valence-corrected chi connectivity index (χ4v) is 4.95. The van der Waals surface area contributed by atoms with E-state index in [-0.39, 0.29) is 24.8 Å². The molecule has 0 bridgehead atoms. The molecule has 2 saturated heterocycles. The Morgan fingerprint density at radius 2 is 1.77 bits per heavy atom. The minimum absolute atomic E-state index is 0.0310. The van der Waals surface area contributed by atoms with Crippen molar-refractivity contribution in [3.05, 3.63) is 30.1 Å². The van der Waals surface area contributed by atoms with Crippen molar-refractivity contribution >= 4 is 17.7 Å². The number of aromatic nitrogens is 1. The van der Waals surface area contributed by atoms with Gasteiger partial charge in [-0.2, -0.15) is 0 Å². The number of amides is 2. The van der Waals surface area contributed by atoms with E-state index in [9.17, 15) is 23.5 Å². The predicted octanol–water partition coefficient (Wildman–Crippen LogP) is 0.388. The summed E-state index contributed by atoms with van der Waals surface area (Å²) in [4.78, 5) is 28.2. The summed E-state index contributed by atoms with van der Waals surface area (Å²) in [5, 5.41) is 12.7. The minimum Gasteiger partial charge on any atom is -0.530 e. The van der Waals surface area contributed by atoms with Crippen molar-refractivity contribution in [2.75, 3.05) is 50.8 Å². The van der Waals surface area contributed by atoms with E-state index in [0.29, 0.717) is 24.5 Å². The second-order valence-corrected chi connectivity index (χ2v) is 8.79. The Balaban J connectivity index is 1.30. The van der Waals surface area contributed by atoms with Gasteiger partial charge in [0.25, 0.3) is 5.92 Å². The molecular formula is C21H26F2N5O3-. The number of hydrogen-bond acceptors (Lipinski definition) is 5. The molecule has 8 nitrogen and oxygen atoms in total. The third kappa shape index (κ3) is 3.61. The summed E-state index contributed by atoms with van der Waals surface area (Å²) in [6.45, 7) is 2.28. The number of piperazine rings is 1. The molecule has 2 amide bonds. The molecule has 3 aliphatic heterocycles. The standard InChI is InChI=1S/C21H27F2N5O3/c22-21(23)14-26(20(30)31)8-6-18(21)28-9-5-16(17-2-1-7-27(17)28)24-10-12-25(13-11-24)19(29)15-3-4-15/h1-2,5,7,15,18H,3-4,6,8-14H2,(H,30,31)/p-1. The Kier molecular flexibility index (Phi) is 4.82. The van der Waals surface area contributed by atoms with Crippen LogP contribution in [0.2, 0.25) is 0 Å². The minimum atomic E-state index is -3.18. The normalized spacial score (nSPS) is 25.9. The number of fused-ring (bicyclic) bond motifs is 1. The molecule has 10 heteroatoms. The van der Waals surface area contributed by atoms with Crippen molar-refractivity contribution in [3.63, 3.8) is 0 Å². The lowest BCUT2D eigenvalue weighted by molar-refractivity contribution is -0.271. The highest BCUT2D eigenvalue weighted by Gasteiger charge is 2.49. The zero-order chi connectivity index (χ0) is 21.8. The maximum atomic E-state index is 14.8. The fourth-order valence-electron chi connectivity index (χ4n) is 4.95. The van der Waals surface area contributed by atoms with Crippen LogP contribution < -0.4 is 10.1 Å². The van der Waals surface area contributed by atoms with Gasteiger partial charge in [-0.15, -0.1) is 0 Å². The van der Waals surface area contributed by atoms with Crippen LogP contribution in [0.25, 0.3) is 5.70 Å². The summed E-state index contributed by atoms with van der Waals surface area (Å²) in [6, 6.07) is 2.65. The maximum absolute atomic E-state index is 14.8. The number of alkyl halides is 2. The summed E-state index contributed by atoms with van der Waals surface area (Å²) in [6.07, 6.45) is 4.22. The molecule has 168 valence electrons. The molecule has 31 heavy (non-hydrogen) atoms. The molecule has 0 N–H and O–H groups in total. The smallest absolute Gasteiger partial charge is 0.286 e. The van der Waals surface area contributed by atoms with Crippen LogP contribution >= 0.6 is 0 Å². The summed E-state index contributed by atoms with van der Waals surface area (Å²) in [5.41, 5.74) is 1.83. The van der Waals surface area contributed by atoms with Crippen molar-refractivity contribution in [2.24, 2.45) is 5.92 Å². The number of carboxylic acid groups (broad SMARTS) is 1. The Labute approximate surface area is 179 Å². The van der Waals surface area contributed by atoms with Gasteiger partial charge in [0, 0.05) is 44.8 Å². The second-order valence-electron chi connectivity index (χ2n) is 8.79. The Morgan fingerprint density at radius 1 is 1.03 bits per heavy atom. The summed E-state index contributed by atoms with van der Waals surface area (Å²) in [7, 11) is 0. The molecule has 0 aromatic carbocycles. The van der Waals surface area contributed by atoms with Crippen LogP contribution in [-0.2, 0) is 4.79 Å². The SMILES string of the molecule is O=C([O-])N1CCC(N2CC=C(N3CCN(C(=O)C4CC4)CC3)c3cccn32)C(F)(F)C1. The second kappa shape index (κ2) is 7.42. The Morgan fingerprint density at radius 3 is 2.42 bits per heavy atom. The van der Waals surface area contributed by atoms with Gasteiger partial charge in [0.1, 0.15) is 12.1 Å². The third-order valence-electron chi connectivity index (χ3n) is 6.78. The zero-order valence-electron chi connectivity index (χ0n) is 17.3. The van der Waals surface area contributed by atoms with E-state index in [1.165, 1.54) is 0 Å². The lowest BCUT2D eigenvalue weighted by Gasteiger charge is -2.47. The van der Waals surface area contributed by atoms with Crippen LogP contribution in [0, 0.1) is 5.92 Å². The molecule has 0 radical (unpaired) electrons. The highest BCUT2D eigenvalue weighted by molar-refractivity contribution is 5.81. The first-order valence-corrected chi connectivity index (χ1v) is 10.9. The number of hydrogen-bond donors (Lipinski definition) is 0. The number of carbonyl (C=O) groups is 2. The first-order chi connectivity index (χ1) is 14.8. The Bertz CT molecular complexity index is 905. The maximum Gasteiger partial charge on any atom is 0.286 e. The molecule has 1 aliphatic carbocycles. The van der Waals surface area contributed by atoms with Gasteiger partial charge in [0.15, 0.2) is 0 Å². The van der Waals surface area contributed by atoms with Gasteiger partial charge < -0.3 is 24.6 Å². The summed E-state index contributed by atoms with van der Waals surface area (Å²) < 4.78 is 31.5. The van der Waals surface area contributed by atoms with Crippen LogP contribution in [-0.4, -0.2) is 89.2 Å². The van der Waals surface area contributed by atoms with Gasteiger partial charge in [-0.3, -0.25) is 14.5 Å². The quantitative estimate of drug-likeness (QED) is 0.688. The molecular weight excluding hydrogens is 408 g/mol. The number of halogens is 2. The molecule has 4 heterocycles. The largest absolute Gasteiger partial charge is 0.530 e. The average molecular weight is 434 g/mol. The topological polar surface area (TPSA) is 75.1 Å². The van der Waals surface area contributed by atoms with Crippen molar-refractivity contribution < 1.29 is 23.5 Å². The van der Waals surface area contributed by atoms with Crippen molar-refractivity contribution in [3.8, 4) is 0 Å². The summed E-state index contributed by atoms with van der Waals surface area (Å²) >= 11 is 0. The molecule has 0 spiro atoms. The van der Waals surface area contributed by atoms with Crippen LogP contribution in [0.1, 0.15) is 25.0 Å². The molecule has 1 unspecified atom stereocenters. The lowest BCUT2D eigenvalue weighted by atomic mass is 9.99. The molecule has 3 fully saturated rings. The van der Waals surface area contributed by atoms with Crippen molar-refractivity contribution in [1.82, 2.24) is 19.4 Å². The van der Waals surface area contributed by atoms with Crippen LogP contribution in [0.15, 0.2) is 24.4 Å². The number of likely N-dealkylation sites (tertiary alicyclic amines) is 1. The van der Waals surface area contributed by atoms with E-state index >= 15 is 0 Å². The molecule has 1 atom stereocenters. The van der Waals surface area contributed by atoms with Gasteiger partial charge >= 0.3 is 0 Å². The summed E-state index contributed by atoms with van der Waals surface area (Å²) in [5.74, 6) is -2.70. The van der Waals surface area contributed by atoms with Gasteiger partial charge in [0.2, 0.25) is 5.91 Å². The average Bonchev–Trinajstić information content (AvgIpc) is 3.48. The van der Waals surface area contributed by atoms with E-state index in [2.05, 4.69) is 4.90 Å². The highest BCUT2D eigenvalue weighted by Crippen LogP contribution is 2.35. The van der Waals surface area contributed by atoms with Crippen molar-refractivity contribution in [2.45, 2.75) is 31.2 Å². The zero-order valence-corrected chi connectivity index (χ0v) is 17.3. The lowest BCUT2D eigenvalue weighted by Crippen LogP contribution is -2.64. The van der Waals surface area contributed by atoms with E-state index in [1.54, 1.807) is 15.9 Å². The predicted molar refractivity (Wildman–Crippen MR) is 107 cm³/mol. The number of piperidine rings is 1. The first-order valence-electron chi connectivity index (χ1n) is 10.9. The molecule has 1 aromatic rings. The van der Waals surface area contributed by atoms with Gasteiger partial charge in [0.05, 0.1) is 24.5 Å². The van der Waals surface area contributed by atoms with Crippen LogP contribution in [0.3, 0.4) is 0 Å². The number of carbonyl (C=O) groups excluding carboxylic acids is 2. The van der Waals surface area contributed by atoms with Gasteiger partial charge in [-0.05, 0) is 37.5 Å². The van der Waals surface area contributed by atoms with Crippen molar-refractivity contribution in [1.29, 1.82) is 0 Å². The first kappa shape index (κ1) is 20.1. The fraction of sp³-hybridized carbons (Fsp3) is 0.619. The highest BCUT2D eigenvalue weighted by atomic mass is 19.3. The number of rotatable bonds is 3. The van der Waals surface area contributed by atoms with Gasteiger partial charge in [-0.1, -0.05) is 0 Å². The monoisotopic (exact) mass is 434 g/mol.